The molecule has 0 aliphatic carbocycles. The molecule has 0 unspecified atom stereocenters. The van der Waals surface area contributed by atoms with Crippen LogP contribution in [0.5, 0.6) is 11.5 Å². The molecule has 1 saturated heterocycles. The summed E-state index contributed by atoms with van der Waals surface area (Å²) < 4.78 is 45.9. The summed E-state index contributed by atoms with van der Waals surface area (Å²) >= 11 is 0. The fourth-order valence-electron chi connectivity index (χ4n) is 3.33. The molecule has 2 aromatic rings. The van der Waals surface area contributed by atoms with Crippen LogP contribution in [0.3, 0.4) is 0 Å². The fraction of sp³-hybridized carbons (Fsp3) is 0.381. The van der Waals surface area contributed by atoms with Gasteiger partial charge >= 0.3 is 6.36 Å². The minimum Gasteiger partial charge on any atom is -0.496 e. The number of halogens is 3. The van der Waals surface area contributed by atoms with E-state index in [0.717, 1.165) is 11.1 Å². The van der Waals surface area contributed by atoms with E-state index in [0.29, 0.717) is 44.9 Å². The highest BCUT2D eigenvalue weighted by atomic mass is 19.4. The standard InChI is InChI=1S/C21H23F3N2O3/c1-28-19-5-3-2-4-17(19)14-20(27)26-12-10-25(11-13-26)15-16-6-8-18(9-7-16)29-21(22,23)24/h2-9H,10-15H2,1H3. The minimum absolute atomic E-state index is 0.0582. The fourth-order valence-corrected chi connectivity index (χ4v) is 3.33. The maximum atomic E-state index is 12.6. The average molecular weight is 408 g/mol. The summed E-state index contributed by atoms with van der Waals surface area (Å²) in [6, 6.07) is 13.4. The molecule has 1 aliphatic heterocycles. The quantitative estimate of drug-likeness (QED) is 0.734. The van der Waals surface area contributed by atoms with Crippen molar-refractivity contribution in [2.75, 3.05) is 33.3 Å². The lowest BCUT2D eigenvalue weighted by atomic mass is 10.1. The van der Waals surface area contributed by atoms with Gasteiger partial charge in [0.1, 0.15) is 11.5 Å². The Morgan fingerprint density at radius 2 is 1.66 bits per heavy atom. The number of hydrogen-bond donors (Lipinski definition) is 0. The highest BCUT2D eigenvalue weighted by Gasteiger charge is 2.31. The molecule has 2 aromatic carbocycles. The van der Waals surface area contributed by atoms with E-state index in [-0.39, 0.29) is 11.7 Å². The lowest BCUT2D eigenvalue weighted by Gasteiger charge is -2.35. The molecule has 29 heavy (non-hydrogen) atoms. The summed E-state index contributed by atoms with van der Waals surface area (Å²) in [6.45, 7) is 3.25. The Morgan fingerprint density at radius 3 is 2.28 bits per heavy atom. The monoisotopic (exact) mass is 408 g/mol. The number of piperazine rings is 1. The summed E-state index contributed by atoms with van der Waals surface area (Å²) in [5.74, 6) is 0.535. The Hall–Kier alpha value is -2.74. The number of carbonyl (C=O) groups excluding carboxylic acids is 1. The van der Waals surface area contributed by atoms with E-state index in [2.05, 4.69) is 9.64 Å². The van der Waals surface area contributed by atoms with Gasteiger partial charge in [-0.25, -0.2) is 0 Å². The third kappa shape index (κ3) is 6.12. The number of benzene rings is 2. The second-order valence-electron chi connectivity index (χ2n) is 6.84. The first-order valence-corrected chi connectivity index (χ1v) is 9.31. The van der Waals surface area contributed by atoms with Crippen LogP contribution >= 0.6 is 0 Å². The van der Waals surface area contributed by atoms with E-state index < -0.39 is 6.36 Å². The Bertz CT molecular complexity index is 817. The van der Waals surface area contributed by atoms with Crippen LogP contribution in [0.1, 0.15) is 11.1 Å². The van der Waals surface area contributed by atoms with E-state index in [1.54, 1.807) is 19.2 Å². The molecule has 1 heterocycles. The topological polar surface area (TPSA) is 42.0 Å². The van der Waals surface area contributed by atoms with Gasteiger partial charge < -0.3 is 14.4 Å². The van der Waals surface area contributed by atoms with Gasteiger partial charge in [0.25, 0.3) is 0 Å². The first kappa shape index (κ1) is 21.0. The Morgan fingerprint density at radius 1 is 1.00 bits per heavy atom. The SMILES string of the molecule is COc1ccccc1CC(=O)N1CCN(Cc2ccc(OC(F)(F)F)cc2)CC1. The number of methoxy groups -OCH3 is 1. The summed E-state index contributed by atoms with van der Waals surface area (Å²) in [5, 5.41) is 0. The first-order chi connectivity index (χ1) is 13.8. The molecule has 0 radical (unpaired) electrons. The molecular formula is C21H23F3N2O3. The van der Waals surface area contributed by atoms with Gasteiger partial charge in [-0.05, 0) is 23.8 Å². The van der Waals surface area contributed by atoms with Crippen LogP contribution in [0.15, 0.2) is 48.5 Å². The van der Waals surface area contributed by atoms with Crippen molar-refractivity contribution in [3.05, 3.63) is 59.7 Å². The largest absolute Gasteiger partial charge is 0.573 e. The molecular weight excluding hydrogens is 385 g/mol. The Balaban J connectivity index is 1.48. The highest BCUT2D eigenvalue weighted by molar-refractivity contribution is 5.79. The van der Waals surface area contributed by atoms with Crippen molar-refractivity contribution in [2.24, 2.45) is 0 Å². The molecule has 0 saturated carbocycles. The van der Waals surface area contributed by atoms with Crippen molar-refractivity contribution in [3.8, 4) is 11.5 Å². The van der Waals surface area contributed by atoms with Crippen LogP contribution in [0.4, 0.5) is 13.2 Å². The zero-order valence-electron chi connectivity index (χ0n) is 16.1. The molecule has 8 heteroatoms. The van der Waals surface area contributed by atoms with Gasteiger partial charge in [0.15, 0.2) is 0 Å². The summed E-state index contributed by atoms with van der Waals surface area (Å²) in [5.41, 5.74) is 1.76. The Kier molecular flexibility index (Phi) is 6.64. The molecule has 1 aliphatic rings. The van der Waals surface area contributed by atoms with Crippen LogP contribution in [-0.2, 0) is 17.8 Å². The van der Waals surface area contributed by atoms with E-state index in [4.69, 9.17) is 4.74 Å². The van der Waals surface area contributed by atoms with Crippen molar-refractivity contribution < 1.29 is 27.4 Å². The van der Waals surface area contributed by atoms with Gasteiger partial charge in [-0.15, -0.1) is 13.2 Å². The van der Waals surface area contributed by atoms with Gasteiger partial charge in [0.2, 0.25) is 5.91 Å². The molecule has 0 N–H and O–H groups in total. The van der Waals surface area contributed by atoms with E-state index >= 15 is 0 Å². The van der Waals surface area contributed by atoms with Crippen molar-refractivity contribution in [2.45, 2.75) is 19.3 Å². The highest BCUT2D eigenvalue weighted by Crippen LogP contribution is 2.23. The second-order valence-corrected chi connectivity index (χ2v) is 6.84. The number of alkyl halides is 3. The van der Waals surface area contributed by atoms with E-state index in [9.17, 15) is 18.0 Å². The predicted molar refractivity (Wildman–Crippen MR) is 102 cm³/mol. The smallest absolute Gasteiger partial charge is 0.496 e. The van der Waals surface area contributed by atoms with Crippen molar-refractivity contribution in [3.63, 3.8) is 0 Å². The number of rotatable bonds is 6. The molecule has 1 fully saturated rings. The third-order valence-electron chi connectivity index (χ3n) is 4.82. The van der Waals surface area contributed by atoms with E-state index in [1.807, 2.05) is 29.2 Å². The zero-order valence-corrected chi connectivity index (χ0v) is 16.1. The van der Waals surface area contributed by atoms with Gasteiger partial charge in [0.05, 0.1) is 13.5 Å². The summed E-state index contributed by atoms with van der Waals surface area (Å²) in [6.07, 6.45) is -4.39. The minimum atomic E-state index is -4.69. The third-order valence-corrected chi connectivity index (χ3v) is 4.82. The number of nitrogens with zero attached hydrogens (tertiary/aromatic N) is 2. The molecule has 5 nitrogen and oxygen atoms in total. The molecule has 0 bridgehead atoms. The number of para-hydroxylation sites is 1. The summed E-state index contributed by atoms with van der Waals surface area (Å²) in [4.78, 5) is 16.6. The van der Waals surface area contributed by atoms with Crippen molar-refractivity contribution in [1.29, 1.82) is 0 Å². The van der Waals surface area contributed by atoms with Crippen LogP contribution in [0.2, 0.25) is 0 Å². The van der Waals surface area contributed by atoms with Gasteiger partial charge in [-0.3, -0.25) is 9.69 Å². The predicted octanol–water partition coefficient (Wildman–Crippen LogP) is 3.48. The van der Waals surface area contributed by atoms with Gasteiger partial charge in [0, 0.05) is 38.3 Å². The van der Waals surface area contributed by atoms with Crippen LogP contribution in [-0.4, -0.2) is 55.4 Å². The zero-order chi connectivity index (χ0) is 20.9. The van der Waals surface area contributed by atoms with Crippen LogP contribution in [0, 0.1) is 0 Å². The Labute approximate surface area is 167 Å². The molecule has 0 spiro atoms. The van der Waals surface area contributed by atoms with Crippen LogP contribution in [0.25, 0.3) is 0 Å². The lowest BCUT2D eigenvalue weighted by molar-refractivity contribution is -0.274. The lowest BCUT2D eigenvalue weighted by Crippen LogP contribution is -2.48. The molecule has 3 rings (SSSR count). The summed E-state index contributed by atoms with van der Waals surface area (Å²) in [7, 11) is 1.59. The van der Waals surface area contributed by atoms with Crippen molar-refractivity contribution >= 4 is 5.91 Å². The number of amides is 1. The molecule has 1 amide bonds. The average Bonchev–Trinajstić information content (AvgIpc) is 2.69. The molecule has 0 aromatic heterocycles. The van der Waals surface area contributed by atoms with E-state index in [1.165, 1.54) is 12.1 Å². The van der Waals surface area contributed by atoms with Crippen molar-refractivity contribution in [1.82, 2.24) is 9.80 Å². The van der Waals surface area contributed by atoms with Crippen LogP contribution < -0.4 is 9.47 Å². The molecule has 156 valence electrons. The maximum absolute atomic E-state index is 12.6. The second kappa shape index (κ2) is 9.17. The number of hydrogen-bond acceptors (Lipinski definition) is 4. The molecule has 0 atom stereocenters. The number of ether oxygens (including phenoxy) is 2. The van der Waals surface area contributed by atoms with Gasteiger partial charge in [-0.1, -0.05) is 30.3 Å². The number of carbonyl (C=O) groups is 1. The first-order valence-electron chi connectivity index (χ1n) is 9.31. The van der Waals surface area contributed by atoms with Gasteiger partial charge in [-0.2, -0.15) is 0 Å². The normalized spacial score (nSPS) is 15.2. The maximum Gasteiger partial charge on any atom is 0.573 e.